The summed E-state index contributed by atoms with van der Waals surface area (Å²) in [6.07, 6.45) is -15.3. The lowest BCUT2D eigenvalue weighted by atomic mass is 10.1. The third-order valence-corrected chi connectivity index (χ3v) is 3.91. The molecule has 0 unspecified atom stereocenters. The molecule has 0 amide bonds. The van der Waals surface area contributed by atoms with Gasteiger partial charge in [-0.25, -0.2) is 9.98 Å². The van der Waals surface area contributed by atoms with Crippen LogP contribution in [0.25, 0.3) is 0 Å². The maximum atomic E-state index is 13.4. The second-order valence-electron chi connectivity index (χ2n) is 6.08. The Hall–Kier alpha value is -3.17. The van der Waals surface area contributed by atoms with E-state index < -0.39 is 52.5 Å². The molecule has 0 atom stereocenters. The summed E-state index contributed by atoms with van der Waals surface area (Å²) >= 11 is 0. The normalized spacial score (nSPS) is 13.0. The van der Waals surface area contributed by atoms with Crippen LogP contribution in [-0.2, 0) is 25.1 Å². The van der Waals surface area contributed by atoms with Gasteiger partial charge < -0.3 is 4.74 Å². The third kappa shape index (κ3) is 5.95. The number of aromatic nitrogens is 2. The van der Waals surface area contributed by atoms with Crippen molar-refractivity contribution in [3.63, 3.8) is 0 Å². The second-order valence-corrected chi connectivity index (χ2v) is 6.08. The molecule has 0 spiro atoms. The van der Waals surface area contributed by atoms with Crippen LogP contribution in [0.1, 0.15) is 30.7 Å². The molecule has 32 heavy (non-hydrogen) atoms. The number of nitrogens with zero attached hydrogens (tertiary/aromatic N) is 3. The van der Waals surface area contributed by atoms with E-state index in [1.165, 1.54) is 13.8 Å². The Morgan fingerprint density at radius 2 is 1.62 bits per heavy atom. The number of hydrogen-bond donors (Lipinski definition) is 0. The summed E-state index contributed by atoms with van der Waals surface area (Å²) < 4.78 is 125. The molecule has 0 fully saturated rings. The first kappa shape index (κ1) is 25.1. The summed E-state index contributed by atoms with van der Waals surface area (Å²) in [5.74, 6) is 4.47. The zero-order valence-electron chi connectivity index (χ0n) is 16.4. The highest BCUT2D eigenvalue weighted by atomic mass is 19.4. The van der Waals surface area contributed by atoms with E-state index in [1.54, 1.807) is 0 Å². The molecule has 2 aromatic rings. The van der Waals surface area contributed by atoms with Gasteiger partial charge in [-0.3, -0.25) is 4.57 Å². The molecule has 0 bridgehead atoms. The molecule has 0 aliphatic heterocycles. The van der Waals surface area contributed by atoms with E-state index in [2.05, 4.69) is 21.8 Å². The maximum absolute atomic E-state index is 13.4. The second kappa shape index (κ2) is 9.13. The zero-order valence-corrected chi connectivity index (χ0v) is 16.4. The first-order chi connectivity index (χ1) is 14.7. The Bertz CT molecular complexity index is 1100. The highest BCUT2D eigenvalue weighted by molar-refractivity contribution is 5.50. The van der Waals surface area contributed by atoms with Gasteiger partial charge in [-0.05, 0) is 32.0 Å². The Balaban J connectivity index is 2.84. The van der Waals surface area contributed by atoms with Gasteiger partial charge >= 0.3 is 18.5 Å². The number of ether oxygens (including phenoxy) is 1. The van der Waals surface area contributed by atoms with Gasteiger partial charge in [0.2, 0.25) is 5.62 Å². The van der Waals surface area contributed by atoms with E-state index in [0.29, 0.717) is 18.2 Å². The Morgan fingerprint density at radius 1 is 0.969 bits per heavy atom. The molecule has 0 aliphatic carbocycles. The lowest BCUT2D eigenvalue weighted by molar-refractivity contribution is -0.143. The summed E-state index contributed by atoms with van der Waals surface area (Å²) in [6.45, 7) is 2.44. The molecular weight excluding hydrogens is 457 g/mol. The van der Waals surface area contributed by atoms with Crippen LogP contribution in [-0.4, -0.2) is 16.2 Å². The van der Waals surface area contributed by atoms with Crippen LogP contribution >= 0.6 is 0 Å². The van der Waals surface area contributed by atoms with Crippen molar-refractivity contribution in [2.75, 3.05) is 6.61 Å². The van der Waals surface area contributed by atoms with Crippen molar-refractivity contribution in [3.05, 3.63) is 46.7 Å². The fraction of sp³-hybridized carbons (Fsp3) is 0.368. The van der Waals surface area contributed by atoms with Crippen molar-refractivity contribution < 1.29 is 44.3 Å². The molecule has 13 heteroatoms. The van der Waals surface area contributed by atoms with Crippen molar-refractivity contribution in [2.24, 2.45) is 4.99 Å². The molecule has 0 saturated carbocycles. The quantitative estimate of drug-likeness (QED) is 0.431. The van der Waals surface area contributed by atoms with Crippen LogP contribution in [0.15, 0.2) is 29.3 Å². The number of hydrogen-bond acceptors (Lipinski definition) is 3. The fourth-order valence-electron chi connectivity index (χ4n) is 2.47. The van der Waals surface area contributed by atoms with E-state index in [9.17, 15) is 39.5 Å². The van der Waals surface area contributed by atoms with E-state index in [4.69, 9.17) is 4.74 Å². The van der Waals surface area contributed by atoms with Gasteiger partial charge in [0.15, 0.2) is 18.2 Å². The zero-order chi connectivity index (χ0) is 24.3. The molecule has 0 radical (unpaired) electrons. The third-order valence-electron chi connectivity index (χ3n) is 3.91. The van der Waals surface area contributed by atoms with Crippen molar-refractivity contribution in [1.29, 1.82) is 0 Å². The van der Waals surface area contributed by atoms with Crippen LogP contribution in [0, 0.1) is 11.8 Å². The highest BCUT2D eigenvalue weighted by Crippen LogP contribution is 2.40. The lowest BCUT2D eigenvalue weighted by Crippen LogP contribution is -2.29. The molecule has 0 aliphatic rings. The number of benzene rings is 1. The van der Waals surface area contributed by atoms with Gasteiger partial charge in [0.1, 0.15) is 0 Å². The SMILES string of the molecule is CC#CCOc1cc(C(F)(F)F)nc(=Nc2ccc(C(F)(F)F)cc2C(F)(F)F)n1CC. The van der Waals surface area contributed by atoms with Crippen molar-refractivity contribution in [1.82, 2.24) is 9.55 Å². The van der Waals surface area contributed by atoms with Gasteiger partial charge in [0, 0.05) is 12.6 Å². The first-order valence-electron chi connectivity index (χ1n) is 8.73. The van der Waals surface area contributed by atoms with Gasteiger partial charge in [0.05, 0.1) is 16.8 Å². The predicted octanol–water partition coefficient (Wildman–Crippen LogP) is 5.59. The van der Waals surface area contributed by atoms with E-state index in [1.807, 2.05) is 0 Å². The monoisotopic (exact) mass is 471 g/mol. The van der Waals surface area contributed by atoms with Crippen LogP contribution in [0.3, 0.4) is 0 Å². The molecule has 1 heterocycles. The van der Waals surface area contributed by atoms with Crippen LogP contribution in [0.4, 0.5) is 45.2 Å². The minimum Gasteiger partial charge on any atom is -0.466 e. The highest BCUT2D eigenvalue weighted by Gasteiger charge is 2.38. The molecule has 1 aromatic heterocycles. The van der Waals surface area contributed by atoms with Gasteiger partial charge in [-0.15, -0.1) is 5.92 Å². The molecule has 2 rings (SSSR count). The maximum Gasteiger partial charge on any atom is 0.433 e. The summed E-state index contributed by atoms with van der Waals surface area (Å²) in [6, 6.07) is 1.11. The summed E-state index contributed by atoms with van der Waals surface area (Å²) in [4.78, 5) is 6.77. The molecule has 1 aromatic carbocycles. The van der Waals surface area contributed by atoms with Crippen molar-refractivity contribution in [3.8, 4) is 17.7 Å². The van der Waals surface area contributed by atoms with Gasteiger partial charge in [-0.1, -0.05) is 5.92 Å². The largest absolute Gasteiger partial charge is 0.466 e. The molecule has 0 N–H and O–H groups in total. The van der Waals surface area contributed by atoms with Gasteiger partial charge in [-0.2, -0.15) is 39.5 Å². The van der Waals surface area contributed by atoms with Crippen LogP contribution in [0.2, 0.25) is 0 Å². The fourth-order valence-corrected chi connectivity index (χ4v) is 2.47. The number of halogens is 9. The molecule has 0 saturated heterocycles. The average Bonchev–Trinajstić information content (AvgIpc) is 2.66. The van der Waals surface area contributed by atoms with Crippen LogP contribution in [0.5, 0.6) is 5.88 Å². The summed E-state index contributed by atoms with van der Waals surface area (Å²) in [7, 11) is 0. The van der Waals surface area contributed by atoms with Crippen molar-refractivity contribution >= 4 is 5.69 Å². The molecule has 174 valence electrons. The minimum absolute atomic E-state index is 0.124. The van der Waals surface area contributed by atoms with E-state index >= 15 is 0 Å². The Morgan fingerprint density at radius 3 is 2.12 bits per heavy atom. The smallest absolute Gasteiger partial charge is 0.433 e. The molecular formula is C19H14F9N3O. The van der Waals surface area contributed by atoms with Gasteiger partial charge in [0.25, 0.3) is 0 Å². The van der Waals surface area contributed by atoms with Crippen molar-refractivity contribution in [2.45, 2.75) is 38.9 Å². The Labute approximate surface area is 175 Å². The predicted molar refractivity (Wildman–Crippen MR) is 93.5 cm³/mol. The number of alkyl halides is 9. The average molecular weight is 471 g/mol. The summed E-state index contributed by atoms with van der Waals surface area (Å²) in [5, 5.41) is 0. The first-order valence-corrected chi connectivity index (χ1v) is 8.73. The minimum atomic E-state index is -5.27. The lowest BCUT2D eigenvalue weighted by Gasteiger charge is -2.16. The van der Waals surface area contributed by atoms with Crippen LogP contribution < -0.4 is 10.4 Å². The van der Waals surface area contributed by atoms with E-state index in [0.717, 1.165) is 4.57 Å². The van der Waals surface area contributed by atoms with E-state index in [-0.39, 0.29) is 19.2 Å². The summed E-state index contributed by atoms with van der Waals surface area (Å²) in [5.41, 5.74) is -6.77. The standard InChI is InChI=1S/C19H14F9N3O/c1-3-5-8-32-15-10-14(19(26,27)28)30-16(31(15)4-2)29-13-7-6-11(17(20,21)22)9-12(13)18(23,24)25/h6-7,9-10H,4,8H2,1-2H3. The molecule has 4 nitrogen and oxygen atoms in total. The number of rotatable bonds is 4. The topological polar surface area (TPSA) is 39.4 Å². The Kier molecular flexibility index (Phi) is 7.16.